The summed E-state index contributed by atoms with van der Waals surface area (Å²) in [5.74, 6) is 1.70. The van der Waals surface area contributed by atoms with Gasteiger partial charge in [0, 0.05) is 31.0 Å². The molecule has 2 N–H and O–H groups in total. The Morgan fingerprint density at radius 3 is 2.97 bits per heavy atom. The molecule has 0 spiro atoms. The van der Waals surface area contributed by atoms with Gasteiger partial charge in [0.1, 0.15) is 35.7 Å². The lowest BCUT2D eigenvalue weighted by molar-refractivity contribution is -0.125. The number of nitrogens with zero attached hydrogens (tertiary/aromatic N) is 6. The number of ether oxygens (including phenoxy) is 1. The first-order valence-electron chi connectivity index (χ1n) is 11.3. The fourth-order valence-corrected chi connectivity index (χ4v) is 4.16. The average molecular weight is 503 g/mol. The van der Waals surface area contributed by atoms with Gasteiger partial charge in [-0.15, -0.1) is 0 Å². The molecule has 1 amide bonds. The lowest BCUT2D eigenvalue weighted by Gasteiger charge is -2.16. The van der Waals surface area contributed by atoms with Crippen LogP contribution in [0.2, 0.25) is 5.02 Å². The van der Waals surface area contributed by atoms with Crippen molar-refractivity contribution in [3.63, 3.8) is 0 Å². The topological polar surface area (TPSA) is 118 Å². The number of carbonyl (C=O) groups is 1. The molecule has 0 aliphatic carbocycles. The molecule has 0 unspecified atom stereocenters. The van der Waals surface area contributed by atoms with Gasteiger partial charge in [-0.1, -0.05) is 18.2 Å². The van der Waals surface area contributed by atoms with Gasteiger partial charge in [-0.05, 0) is 55.0 Å². The second-order valence-corrected chi connectivity index (χ2v) is 8.59. The third kappa shape index (κ3) is 5.33. The van der Waals surface area contributed by atoms with Crippen LogP contribution in [0, 0.1) is 0 Å². The number of fused-ring (bicyclic) bond motifs is 1. The normalized spacial score (nSPS) is 15.0. The Kier molecular flexibility index (Phi) is 6.85. The molecule has 10 nitrogen and oxygen atoms in total. The smallest absolute Gasteiger partial charge is 0.246 e. The molecule has 1 fully saturated rings. The summed E-state index contributed by atoms with van der Waals surface area (Å²) >= 11 is 6.45. The molecule has 0 saturated carbocycles. The molecule has 0 radical (unpaired) electrons. The zero-order chi connectivity index (χ0) is 24.9. The lowest BCUT2D eigenvalue weighted by atomic mass is 10.2. The monoisotopic (exact) mass is 502 g/mol. The van der Waals surface area contributed by atoms with Crippen molar-refractivity contribution in [2.45, 2.75) is 19.1 Å². The maximum atomic E-state index is 11.9. The number of nitrogens with one attached hydrogen (secondary N) is 2. The zero-order valence-corrected chi connectivity index (χ0v) is 20.0. The number of halogens is 1. The number of anilines is 3. The van der Waals surface area contributed by atoms with Gasteiger partial charge < -0.3 is 20.3 Å². The first kappa shape index (κ1) is 23.4. The number of hydrogen-bond donors (Lipinski definition) is 2. The third-order valence-electron chi connectivity index (χ3n) is 5.71. The maximum Gasteiger partial charge on any atom is 0.246 e. The van der Waals surface area contributed by atoms with Gasteiger partial charge in [-0.2, -0.15) is 10.2 Å². The Hall–Kier alpha value is -4.31. The second-order valence-electron chi connectivity index (χ2n) is 8.18. The largest absolute Gasteiger partial charge is 0.486 e. The molecule has 5 rings (SSSR count). The van der Waals surface area contributed by atoms with Crippen molar-refractivity contribution >= 4 is 45.9 Å². The number of hydrogen-bond acceptors (Lipinski definition) is 9. The summed E-state index contributed by atoms with van der Waals surface area (Å²) in [5, 5.41) is 15.0. The fraction of sp³-hybridized carbons (Fsp3) is 0.200. The minimum absolute atomic E-state index is 0.0607. The summed E-state index contributed by atoms with van der Waals surface area (Å²) < 4.78 is 5.77. The standard InChI is InChI=1S/C25H23ClN8O2/c1-2-23(35)34-11-9-17(13-34)30-22-8-6-20-24(32-22)25(28-15-27-20)31-16-5-7-21(19(26)12-16)36-14-18-4-3-10-29-33-18/h2-8,10,12,15,17H,1,9,11,13-14H2,(H,30,32)(H,27,28,31)/t17-/m0/s1. The van der Waals surface area contributed by atoms with Crippen LogP contribution in [0.4, 0.5) is 17.3 Å². The van der Waals surface area contributed by atoms with Crippen LogP contribution in [0.25, 0.3) is 11.0 Å². The van der Waals surface area contributed by atoms with Crippen LogP contribution in [-0.2, 0) is 11.4 Å². The number of rotatable bonds is 8. The summed E-state index contributed by atoms with van der Waals surface area (Å²) in [5.41, 5.74) is 2.74. The highest BCUT2D eigenvalue weighted by Gasteiger charge is 2.25. The first-order chi connectivity index (χ1) is 17.6. The number of pyridine rings is 1. The highest BCUT2D eigenvalue weighted by Crippen LogP contribution is 2.31. The number of likely N-dealkylation sites (tertiary alicyclic amines) is 1. The quantitative estimate of drug-likeness (QED) is 0.345. The van der Waals surface area contributed by atoms with E-state index in [2.05, 4.69) is 37.4 Å². The van der Waals surface area contributed by atoms with Crippen molar-refractivity contribution in [3.05, 3.63) is 78.4 Å². The molecule has 1 saturated heterocycles. The molecule has 182 valence electrons. The van der Waals surface area contributed by atoms with Gasteiger partial charge in [0.05, 0.1) is 10.5 Å². The number of benzene rings is 1. The van der Waals surface area contributed by atoms with E-state index in [4.69, 9.17) is 21.3 Å². The molecule has 11 heteroatoms. The molecular weight excluding hydrogens is 480 g/mol. The zero-order valence-electron chi connectivity index (χ0n) is 19.3. The van der Waals surface area contributed by atoms with Crippen LogP contribution in [-0.4, -0.2) is 55.1 Å². The van der Waals surface area contributed by atoms with E-state index in [1.54, 1.807) is 29.3 Å². The van der Waals surface area contributed by atoms with E-state index in [0.717, 1.165) is 12.1 Å². The van der Waals surface area contributed by atoms with Crippen LogP contribution in [0.3, 0.4) is 0 Å². The van der Waals surface area contributed by atoms with E-state index >= 15 is 0 Å². The van der Waals surface area contributed by atoms with Crippen LogP contribution in [0.5, 0.6) is 5.75 Å². The minimum atomic E-state index is -0.0607. The van der Waals surface area contributed by atoms with E-state index in [9.17, 15) is 4.79 Å². The highest BCUT2D eigenvalue weighted by atomic mass is 35.5. The molecule has 4 heterocycles. The molecule has 36 heavy (non-hydrogen) atoms. The molecule has 1 atom stereocenters. The van der Waals surface area contributed by atoms with Gasteiger partial charge in [0.15, 0.2) is 5.82 Å². The maximum absolute atomic E-state index is 11.9. The van der Waals surface area contributed by atoms with E-state index in [-0.39, 0.29) is 18.6 Å². The van der Waals surface area contributed by atoms with Crippen LogP contribution in [0.1, 0.15) is 12.1 Å². The minimum Gasteiger partial charge on any atom is -0.486 e. The van der Waals surface area contributed by atoms with E-state index in [1.165, 1.54) is 12.4 Å². The van der Waals surface area contributed by atoms with Gasteiger partial charge >= 0.3 is 0 Å². The summed E-state index contributed by atoms with van der Waals surface area (Å²) in [6, 6.07) is 12.9. The number of carbonyl (C=O) groups excluding carboxylic acids is 1. The van der Waals surface area contributed by atoms with Crippen molar-refractivity contribution in [1.82, 2.24) is 30.0 Å². The van der Waals surface area contributed by atoms with Crippen molar-refractivity contribution in [3.8, 4) is 5.75 Å². The van der Waals surface area contributed by atoms with Gasteiger partial charge in [0.2, 0.25) is 5.91 Å². The fourth-order valence-electron chi connectivity index (χ4n) is 3.92. The average Bonchev–Trinajstić information content (AvgIpc) is 3.37. The molecular formula is C25H23ClN8O2. The molecule has 1 aromatic carbocycles. The van der Waals surface area contributed by atoms with Gasteiger partial charge in [-0.3, -0.25) is 4.79 Å². The predicted molar refractivity (Wildman–Crippen MR) is 137 cm³/mol. The van der Waals surface area contributed by atoms with E-state index in [0.29, 0.717) is 52.2 Å². The van der Waals surface area contributed by atoms with Crippen molar-refractivity contribution < 1.29 is 9.53 Å². The lowest BCUT2D eigenvalue weighted by Crippen LogP contribution is -2.30. The third-order valence-corrected chi connectivity index (χ3v) is 6.00. The highest BCUT2D eigenvalue weighted by molar-refractivity contribution is 6.32. The van der Waals surface area contributed by atoms with Crippen molar-refractivity contribution in [2.75, 3.05) is 23.7 Å². The first-order valence-corrected chi connectivity index (χ1v) is 11.7. The van der Waals surface area contributed by atoms with Crippen LogP contribution >= 0.6 is 11.6 Å². The predicted octanol–water partition coefficient (Wildman–Crippen LogP) is 3.99. The van der Waals surface area contributed by atoms with Crippen molar-refractivity contribution in [2.24, 2.45) is 0 Å². The Balaban J connectivity index is 1.30. The SMILES string of the molecule is C=CC(=O)N1CC[C@H](Nc2ccc3ncnc(Nc4ccc(OCc5cccnn5)c(Cl)c4)c3n2)C1. The van der Waals surface area contributed by atoms with Crippen LogP contribution < -0.4 is 15.4 Å². The van der Waals surface area contributed by atoms with Gasteiger partial charge in [0.25, 0.3) is 0 Å². The molecule has 0 bridgehead atoms. The molecule has 4 aromatic rings. The van der Waals surface area contributed by atoms with Crippen LogP contribution in [0.15, 0.2) is 67.6 Å². The Morgan fingerprint density at radius 1 is 1.25 bits per heavy atom. The molecule has 1 aliphatic heterocycles. The Morgan fingerprint density at radius 2 is 2.17 bits per heavy atom. The summed E-state index contributed by atoms with van der Waals surface area (Å²) in [4.78, 5) is 27.1. The summed E-state index contributed by atoms with van der Waals surface area (Å²) in [6.07, 6.45) is 5.26. The van der Waals surface area contributed by atoms with Crippen molar-refractivity contribution in [1.29, 1.82) is 0 Å². The Bertz CT molecular complexity index is 1400. The number of amides is 1. The summed E-state index contributed by atoms with van der Waals surface area (Å²) in [7, 11) is 0. The summed E-state index contributed by atoms with van der Waals surface area (Å²) in [6.45, 7) is 5.11. The molecule has 1 aliphatic rings. The Labute approximate surface area is 212 Å². The van der Waals surface area contributed by atoms with E-state index < -0.39 is 0 Å². The second kappa shape index (κ2) is 10.5. The number of aromatic nitrogens is 5. The molecule has 3 aromatic heterocycles. The van der Waals surface area contributed by atoms with E-state index in [1.807, 2.05) is 24.3 Å². The van der Waals surface area contributed by atoms with Gasteiger partial charge in [-0.25, -0.2) is 15.0 Å².